The van der Waals surface area contributed by atoms with Gasteiger partial charge in [-0.05, 0) is 25.7 Å². The second kappa shape index (κ2) is 5.26. The monoisotopic (exact) mass is 332 g/mol. The summed E-state index contributed by atoms with van der Waals surface area (Å²) in [6.45, 7) is 0.317. The Kier molecular flexibility index (Phi) is 3.71. The minimum Gasteiger partial charge on any atom is -0.352 e. The van der Waals surface area contributed by atoms with E-state index in [4.69, 9.17) is 11.6 Å². The first-order valence-corrected chi connectivity index (χ1v) is 8.72. The maximum Gasteiger partial charge on any atom is 0.264 e. The quantitative estimate of drug-likeness (QED) is 0.870. The molecule has 2 aliphatic rings. The number of hydrogen-bond acceptors (Lipinski definition) is 4. The van der Waals surface area contributed by atoms with Crippen molar-refractivity contribution in [2.45, 2.75) is 42.8 Å². The number of halogens is 1. The van der Waals surface area contributed by atoms with Crippen molar-refractivity contribution >= 4 is 27.5 Å². The van der Waals surface area contributed by atoms with E-state index >= 15 is 0 Å². The number of rotatable bonds is 4. The minimum absolute atomic E-state index is 0.0586. The van der Waals surface area contributed by atoms with Crippen molar-refractivity contribution in [3.63, 3.8) is 0 Å². The maximum atomic E-state index is 12.7. The molecule has 1 N–H and O–H groups in total. The van der Waals surface area contributed by atoms with Crippen molar-refractivity contribution in [1.82, 2.24) is 19.2 Å². The molecule has 2 fully saturated rings. The van der Waals surface area contributed by atoms with E-state index in [9.17, 15) is 13.2 Å². The zero-order chi connectivity index (χ0) is 15.2. The topological polar surface area (TPSA) is 84.3 Å². The predicted octanol–water partition coefficient (Wildman–Crippen LogP) is 0.505. The van der Waals surface area contributed by atoms with Crippen LogP contribution in [0.4, 0.5) is 0 Å². The van der Waals surface area contributed by atoms with Gasteiger partial charge in [0.1, 0.15) is 11.2 Å². The fourth-order valence-corrected chi connectivity index (χ4v) is 4.54. The molecule has 9 heteroatoms. The van der Waals surface area contributed by atoms with E-state index in [1.807, 2.05) is 0 Å². The molecule has 7 nitrogen and oxygen atoms in total. The van der Waals surface area contributed by atoms with Gasteiger partial charge in [0.15, 0.2) is 0 Å². The summed E-state index contributed by atoms with van der Waals surface area (Å²) in [5, 5.41) is 2.74. The van der Waals surface area contributed by atoms with Crippen molar-refractivity contribution < 1.29 is 13.2 Å². The van der Waals surface area contributed by atoms with Crippen LogP contribution >= 0.6 is 11.6 Å². The molecule has 1 amide bonds. The molecule has 1 saturated carbocycles. The summed E-state index contributed by atoms with van der Waals surface area (Å²) >= 11 is 5.99. The van der Waals surface area contributed by atoms with E-state index < -0.39 is 16.1 Å². The van der Waals surface area contributed by atoms with Crippen LogP contribution in [0, 0.1) is 0 Å². The molecule has 1 aliphatic carbocycles. The van der Waals surface area contributed by atoms with Crippen LogP contribution in [-0.2, 0) is 21.9 Å². The van der Waals surface area contributed by atoms with E-state index in [0.29, 0.717) is 19.4 Å². The van der Waals surface area contributed by atoms with E-state index in [2.05, 4.69) is 10.3 Å². The number of imidazole rings is 1. The van der Waals surface area contributed by atoms with E-state index in [0.717, 1.165) is 12.8 Å². The normalized spacial score (nSPS) is 23.4. The lowest BCUT2D eigenvalue weighted by atomic mass is 10.2. The number of carbonyl (C=O) groups is 1. The van der Waals surface area contributed by atoms with Gasteiger partial charge in [-0.3, -0.25) is 4.79 Å². The van der Waals surface area contributed by atoms with Crippen LogP contribution in [0.2, 0.25) is 5.15 Å². The predicted molar refractivity (Wildman–Crippen MR) is 76.3 cm³/mol. The van der Waals surface area contributed by atoms with Gasteiger partial charge >= 0.3 is 0 Å². The molecule has 116 valence electrons. The second-order valence-electron chi connectivity index (χ2n) is 5.51. The van der Waals surface area contributed by atoms with Crippen molar-refractivity contribution in [3.8, 4) is 0 Å². The lowest BCUT2D eigenvalue weighted by molar-refractivity contribution is -0.124. The first-order chi connectivity index (χ1) is 9.91. The Labute approximate surface area is 128 Å². The summed E-state index contributed by atoms with van der Waals surface area (Å²) in [5.74, 6) is -0.217. The first-order valence-electron chi connectivity index (χ1n) is 6.90. The highest BCUT2D eigenvalue weighted by Crippen LogP contribution is 2.29. The number of sulfonamides is 1. The second-order valence-corrected chi connectivity index (χ2v) is 7.67. The third-order valence-electron chi connectivity index (χ3n) is 3.82. The van der Waals surface area contributed by atoms with Crippen LogP contribution in [0.3, 0.4) is 0 Å². The Morgan fingerprint density at radius 1 is 1.43 bits per heavy atom. The summed E-state index contributed by atoms with van der Waals surface area (Å²) in [5.41, 5.74) is 0. The average Bonchev–Trinajstić information content (AvgIpc) is 2.98. The Morgan fingerprint density at radius 3 is 2.71 bits per heavy atom. The fourth-order valence-electron chi connectivity index (χ4n) is 2.49. The summed E-state index contributed by atoms with van der Waals surface area (Å²) in [6.07, 6.45) is 4.48. The maximum absolute atomic E-state index is 12.7. The summed E-state index contributed by atoms with van der Waals surface area (Å²) in [7, 11) is -2.23. The molecule has 1 unspecified atom stereocenters. The van der Waals surface area contributed by atoms with Crippen molar-refractivity contribution in [2.24, 2.45) is 7.05 Å². The van der Waals surface area contributed by atoms with Crippen LogP contribution in [0.25, 0.3) is 0 Å². The highest BCUT2D eigenvalue weighted by Gasteiger charge is 2.42. The molecular weight excluding hydrogens is 316 g/mol. The van der Waals surface area contributed by atoms with Crippen molar-refractivity contribution in [3.05, 3.63) is 11.5 Å². The molecular formula is C12H17ClN4O3S. The summed E-state index contributed by atoms with van der Waals surface area (Å²) in [4.78, 5) is 16.1. The number of aryl methyl sites for hydroxylation is 1. The van der Waals surface area contributed by atoms with Crippen LogP contribution < -0.4 is 5.32 Å². The average molecular weight is 333 g/mol. The van der Waals surface area contributed by atoms with Gasteiger partial charge < -0.3 is 9.88 Å². The number of hydrogen-bond donors (Lipinski definition) is 1. The SMILES string of the molecule is Cn1cnc(S(=O)(=O)N2CCCC2C(=O)NC2CC2)c1Cl. The first kappa shape index (κ1) is 14.8. The van der Waals surface area contributed by atoms with Crippen LogP contribution in [0.5, 0.6) is 0 Å². The molecule has 0 aromatic carbocycles. The third-order valence-corrected chi connectivity index (χ3v) is 6.22. The van der Waals surface area contributed by atoms with Gasteiger partial charge in [0, 0.05) is 19.6 Å². The zero-order valence-electron chi connectivity index (χ0n) is 11.6. The molecule has 1 aliphatic heterocycles. The molecule has 0 spiro atoms. The minimum atomic E-state index is -3.85. The molecule has 1 atom stereocenters. The van der Waals surface area contributed by atoms with Gasteiger partial charge in [0.2, 0.25) is 10.9 Å². The Bertz CT molecular complexity index is 668. The molecule has 1 aromatic heterocycles. The number of nitrogens with zero attached hydrogens (tertiary/aromatic N) is 3. The number of amides is 1. The van der Waals surface area contributed by atoms with E-state index in [-0.39, 0.29) is 22.1 Å². The highest BCUT2D eigenvalue weighted by molar-refractivity contribution is 7.89. The van der Waals surface area contributed by atoms with Gasteiger partial charge in [-0.15, -0.1) is 0 Å². The Hall–Kier alpha value is -1.12. The molecule has 2 heterocycles. The van der Waals surface area contributed by atoms with Crippen LogP contribution in [-0.4, -0.2) is 46.8 Å². The molecule has 0 radical (unpaired) electrons. The zero-order valence-corrected chi connectivity index (χ0v) is 13.2. The standard InChI is InChI=1S/C12H17ClN4O3S/c1-16-7-14-12(10(16)13)21(19,20)17-6-2-3-9(17)11(18)15-8-4-5-8/h7-9H,2-6H2,1H3,(H,15,18). The van der Waals surface area contributed by atoms with Crippen molar-refractivity contribution in [1.29, 1.82) is 0 Å². The Morgan fingerprint density at radius 2 is 2.14 bits per heavy atom. The molecule has 3 rings (SSSR count). The lowest BCUT2D eigenvalue weighted by Crippen LogP contribution is -2.46. The number of carbonyl (C=O) groups excluding carboxylic acids is 1. The molecule has 1 saturated heterocycles. The van der Waals surface area contributed by atoms with E-state index in [1.165, 1.54) is 15.2 Å². The molecule has 0 bridgehead atoms. The number of aromatic nitrogens is 2. The largest absolute Gasteiger partial charge is 0.352 e. The summed E-state index contributed by atoms with van der Waals surface area (Å²) < 4.78 is 28.0. The number of nitrogens with one attached hydrogen (secondary N) is 1. The van der Waals surface area contributed by atoms with Crippen molar-refractivity contribution in [2.75, 3.05) is 6.54 Å². The summed E-state index contributed by atoms with van der Waals surface area (Å²) in [6, 6.07) is -0.449. The molecule has 1 aromatic rings. The molecule has 21 heavy (non-hydrogen) atoms. The van der Waals surface area contributed by atoms with Gasteiger partial charge in [-0.2, -0.15) is 4.31 Å². The van der Waals surface area contributed by atoms with Gasteiger partial charge in [0.05, 0.1) is 6.33 Å². The van der Waals surface area contributed by atoms with Gasteiger partial charge in [-0.25, -0.2) is 13.4 Å². The van der Waals surface area contributed by atoms with E-state index in [1.54, 1.807) is 7.05 Å². The lowest BCUT2D eigenvalue weighted by Gasteiger charge is -2.22. The van der Waals surface area contributed by atoms with Crippen LogP contribution in [0.1, 0.15) is 25.7 Å². The Balaban J connectivity index is 1.86. The smallest absolute Gasteiger partial charge is 0.264 e. The van der Waals surface area contributed by atoms with Crippen LogP contribution in [0.15, 0.2) is 11.4 Å². The van der Waals surface area contributed by atoms with Gasteiger partial charge in [-0.1, -0.05) is 11.6 Å². The van der Waals surface area contributed by atoms with Gasteiger partial charge in [0.25, 0.3) is 10.0 Å². The fraction of sp³-hybridized carbons (Fsp3) is 0.667. The third kappa shape index (κ3) is 2.67. The highest BCUT2D eigenvalue weighted by atomic mass is 35.5.